The average molecular weight is 823 g/mol. The number of imide groups is 1. The number of amides is 4. The largest absolute Gasteiger partial charge is 0.491 e. The standard InChI is InChI=1S/C39H38ClF3N8O5S/c1-23(34(53)46-26-6-4-5-25(19-26)45-31-10-12-33(52)47-35(31)54)49-15-13-48(14-16-49)17-18-56-32-11-9-28(21-30(32)40)51-37(57)50(36(55)38(51,2)3)27-8-7-24(22-44)29(20-27)39(41,42)43/h4-9,11,19-21,31,45H,1,10,12-18H2,2-3H3,(H,46,53)(H,47,52,54)/t31-/m0/s1. The van der Waals surface area contributed by atoms with E-state index in [1.165, 1.54) is 17.0 Å². The third kappa shape index (κ3) is 8.83. The van der Waals surface area contributed by atoms with Crippen LogP contribution in [0.5, 0.6) is 5.75 Å². The lowest BCUT2D eigenvalue weighted by Gasteiger charge is -2.36. The molecule has 0 aliphatic carbocycles. The molecule has 1 atom stereocenters. The van der Waals surface area contributed by atoms with Crippen LogP contribution in [0.25, 0.3) is 0 Å². The molecule has 3 aliphatic heterocycles. The zero-order valence-corrected chi connectivity index (χ0v) is 32.5. The Morgan fingerprint density at radius 1 is 1.05 bits per heavy atom. The van der Waals surface area contributed by atoms with Crippen LogP contribution in [-0.4, -0.2) is 89.5 Å². The smallest absolute Gasteiger partial charge is 0.417 e. The number of benzene rings is 3. The Kier molecular flexibility index (Phi) is 11.8. The first-order valence-corrected chi connectivity index (χ1v) is 18.7. The van der Waals surface area contributed by atoms with E-state index < -0.39 is 34.8 Å². The Balaban J connectivity index is 0.993. The van der Waals surface area contributed by atoms with Crippen molar-refractivity contribution in [1.29, 1.82) is 5.26 Å². The highest BCUT2D eigenvalue weighted by Crippen LogP contribution is 2.41. The summed E-state index contributed by atoms with van der Waals surface area (Å²) >= 11 is 12.2. The number of carbonyl (C=O) groups is 4. The van der Waals surface area contributed by atoms with Gasteiger partial charge in [0.15, 0.2) is 5.11 Å². The Morgan fingerprint density at radius 2 is 1.75 bits per heavy atom. The molecule has 4 amide bonds. The fourth-order valence-corrected chi connectivity index (χ4v) is 7.55. The van der Waals surface area contributed by atoms with Crippen molar-refractivity contribution in [3.8, 4) is 11.8 Å². The van der Waals surface area contributed by atoms with E-state index >= 15 is 0 Å². The molecule has 3 aromatic rings. The van der Waals surface area contributed by atoms with Gasteiger partial charge in [-0.15, -0.1) is 0 Å². The van der Waals surface area contributed by atoms with E-state index in [0.717, 1.165) is 17.0 Å². The molecule has 0 saturated carbocycles. The lowest BCUT2D eigenvalue weighted by molar-refractivity contribution is -0.138. The summed E-state index contributed by atoms with van der Waals surface area (Å²) in [5.74, 6) is -1.22. The van der Waals surface area contributed by atoms with Gasteiger partial charge in [-0.25, -0.2) is 0 Å². The van der Waals surface area contributed by atoms with Gasteiger partial charge in [0.25, 0.3) is 11.8 Å². The number of ether oxygens (including phenoxy) is 1. The summed E-state index contributed by atoms with van der Waals surface area (Å²) < 4.78 is 47.1. The summed E-state index contributed by atoms with van der Waals surface area (Å²) in [6.45, 7) is 10.5. The average Bonchev–Trinajstić information content (AvgIpc) is 3.34. The van der Waals surface area contributed by atoms with E-state index in [1.807, 2.05) is 4.90 Å². The van der Waals surface area contributed by atoms with E-state index in [2.05, 4.69) is 27.4 Å². The Hall–Kier alpha value is -5.70. The van der Waals surface area contributed by atoms with Crippen molar-refractivity contribution >= 4 is 75.3 Å². The molecule has 3 fully saturated rings. The number of nitrogens with one attached hydrogen (secondary N) is 3. The number of nitrogens with zero attached hydrogens (tertiary/aromatic N) is 5. The van der Waals surface area contributed by atoms with Crippen molar-refractivity contribution in [2.75, 3.05) is 59.8 Å². The van der Waals surface area contributed by atoms with Crippen LogP contribution in [0.3, 0.4) is 0 Å². The number of rotatable bonds is 11. The van der Waals surface area contributed by atoms with E-state index in [9.17, 15) is 37.6 Å². The SMILES string of the molecule is C=C(C(=O)Nc1cccc(N[C@H]2CCC(=O)NC2=O)c1)N1CCN(CCOc2ccc(N3C(=S)N(c4ccc(C#N)c(C(F)(F)F)c4)C(=O)C3(C)C)cc2Cl)CC1. The van der Waals surface area contributed by atoms with Crippen molar-refractivity contribution in [3.05, 3.63) is 89.1 Å². The first-order valence-electron chi connectivity index (χ1n) is 17.9. The van der Waals surface area contributed by atoms with Gasteiger partial charge in [0.1, 0.15) is 23.9 Å². The molecule has 0 radical (unpaired) electrons. The fraction of sp³-hybridized carbons (Fsp3) is 0.333. The van der Waals surface area contributed by atoms with Gasteiger partial charge < -0.3 is 25.2 Å². The normalized spacial score (nSPS) is 18.6. The van der Waals surface area contributed by atoms with Crippen molar-refractivity contribution < 1.29 is 37.1 Å². The molecule has 0 bridgehead atoms. The van der Waals surface area contributed by atoms with Gasteiger partial charge in [-0.05, 0) is 87.1 Å². The molecule has 6 rings (SSSR count). The van der Waals surface area contributed by atoms with Crippen LogP contribution in [0, 0.1) is 11.3 Å². The van der Waals surface area contributed by atoms with E-state index in [4.69, 9.17) is 28.6 Å². The van der Waals surface area contributed by atoms with E-state index in [-0.39, 0.29) is 40.0 Å². The summed E-state index contributed by atoms with van der Waals surface area (Å²) in [6.07, 6.45) is -4.19. The van der Waals surface area contributed by atoms with Gasteiger partial charge in [-0.1, -0.05) is 24.2 Å². The maximum atomic E-state index is 13.7. The highest BCUT2D eigenvalue weighted by Gasteiger charge is 2.51. The van der Waals surface area contributed by atoms with Crippen LogP contribution in [-0.2, 0) is 25.4 Å². The number of hydrogen-bond acceptors (Lipinski definition) is 10. The summed E-state index contributed by atoms with van der Waals surface area (Å²) in [6, 6.07) is 15.8. The Morgan fingerprint density at radius 3 is 2.42 bits per heavy atom. The van der Waals surface area contributed by atoms with Crippen molar-refractivity contribution in [3.63, 3.8) is 0 Å². The number of thiocarbonyl (C=S) groups is 1. The molecule has 18 heteroatoms. The maximum absolute atomic E-state index is 13.7. The molecule has 3 aliphatic rings. The second-order valence-electron chi connectivity index (χ2n) is 14.1. The highest BCUT2D eigenvalue weighted by atomic mass is 35.5. The summed E-state index contributed by atoms with van der Waals surface area (Å²) in [7, 11) is 0. The topological polar surface area (TPSA) is 150 Å². The van der Waals surface area contributed by atoms with Gasteiger partial charge in [0, 0.05) is 56.2 Å². The molecule has 0 aromatic heterocycles. The molecule has 3 heterocycles. The van der Waals surface area contributed by atoms with Gasteiger partial charge in [-0.3, -0.25) is 34.3 Å². The number of halogens is 4. The van der Waals surface area contributed by atoms with E-state index in [1.54, 1.807) is 56.3 Å². The quantitative estimate of drug-likeness (QED) is 0.128. The third-order valence-corrected chi connectivity index (χ3v) is 10.6. The molecule has 0 unspecified atom stereocenters. The van der Waals surface area contributed by atoms with Crippen molar-refractivity contribution in [2.45, 2.75) is 44.4 Å². The van der Waals surface area contributed by atoms with Crippen LogP contribution < -0.4 is 30.5 Å². The third-order valence-electron chi connectivity index (χ3n) is 9.91. The number of piperidine rings is 1. The number of nitriles is 1. The minimum absolute atomic E-state index is 0.0552. The molecule has 3 saturated heterocycles. The molecule has 13 nitrogen and oxygen atoms in total. The zero-order valence-electron chi connectivity index (χ0n) is 30.9. The molecular weight excluding hydrogens is 785 g/mol. The van der Waals surface area contributed by atoms with Crippen LogP contribution in [0.15, 0.2) is 72.9 Å². The monoisotopic (exact) mass is 822 g/mol. The van der Waals surface area contributed by atoms with Gasteiger partial charge in [0.05, 0.1) is 33.6 Å². The lowest BCUT2D eigenvalue weighted by Crippen LogP contribution is -2.48. The number of hydrogen-bond donors (Lipinski definition) is 3. The molecule has 3 aromatic carbocycles. The van der Waals surface area contributed by atoms with Gasteiger partial charge in [-0.2, -0.15) is 18.4 Å². The van der Waals surface area contributed by atoms with Gasteiger partial charge >= 0.3 is 6.18 Å². The van der Waals surface area contributed by atoms with Crippen LogP contribution in [0.4, 0.5) is 35.9 Å². The zero-order chi connectivity index (χ0) is 41.2. The predicted molar refractivity (Wildman–Crippen MR) is 212 cm³/mol. The number of carbonyl (C=O) groups excluding carboxylic acids is 4. The minimum atomic E-state index is -4.82. The highest BCUT2D eigenvalue weighted by molar-refractivity contribution is 7.81. The predicted octanol–water partition coefficient (Wildman–Crippen LogP) is 5.51. The molecular formula is C39H38ClF3N8O5S. The fourth-order valence-electron chi connectivity index (χ4n) is 6.80. The lowest BCUT2D eigenvalue weighted by atomic mass is 10.0. The van der Waals surface area contributed by atoms with Crippen LogP contribution in [0.2, 0.25) is 5.02 Å². The maximum Gasteiger partial charge on any atom is 0.417 e. The Bertz CT molecular complexity index is 2190. The molecule has 0 spiro atoms. The molecule has 57 heavy (non-hydrogen) atoms. The van der Waals surface area contributed by atoms with Gasteiger partial charge in [0.2, 0.25) is 11.8 Å². The molecule has 298 valence electrons. The number of alkyl halides is 3. The molecule has 3 N–H and O–H groups in total. The second kappa shape index (κ2) is 16.4. The summed E-state index contributed by atoms with van der Waals surface area (Å²) in [4.78, 5) is 56.8. The van der Waals surface area contributed by atoms with Crippen LogP contribution in [0.1, 0.15) is 37.8 Å². The first-order chi connectivity index (χ1) is 27.0. The minimum Gasteiger partial charge on any atom is -0.491 e. The van der Waals surface area contributed by atoms with Crippen molar-refractivity contribution in [2.24, 2.45) is 0 Å². The number of piperazine rings is 1. The first kappa shape index (κ1) is 40.9. The van der Waals surface area contributed by atoms with Crippen molar-refractivity contribution in [1.82, 2.24) is 15.1 Å². The second-order valence-corrected chi connectivity index (χ2v) is 14.9. The van der Waals surface area contributed by atoms with E-state index in [0.29, 0.717) is 74.3 Å². The summed E-state index contributed by atoms with van der Waals surface area (Å²) in [5.41, 5.74) is -1.25. The number of anilines is 4. The Labute approximate surface area is 337 Å². The summed E-state index contributed by atoms with van der Waals surface area (Å²) in [5, 5.41) is 17.6. The van der Waals surface area contributed by atoms with Crippen LogP contribution >= 0.6 is 23.8 Å².